The Labute approximate surface area is 185 Å². The van der Waals surface area contributed by atoms with Crippen LogP contribution < -0.4 is 9.46 Å². The van der Waals surface area contributed by atoms with Gasteiger partial charge in [0.05, 0.1) is 35.7 Å². The summed E-state index contributed by atoms with van der Waals surface area (Å²) >= 11 is 1.35. The molecule has 1 N–H and O–H groups in total. The molecule has 4 rings (SSSR count). The standard InChI is InChI=1S/C22H21N3O4S2/c1-29-20-11-6-4-9-16(20)19-14-18(23-25(19)22(26)21-12-7-13-30-21)15-8-3-5-10-17(15)24-31(2,27)28/h3-13,19,24H,14H2,1-2H3/t19-/m1/s1. The van der Waals surface area contributed by atoms with Crippen LogP contribution in [0.4, 0.5) is 5.69 Å². The van der Waals surface area contributed by atoms with Crippen LogP contribution in [0.1, 0.15) is 33.3 Å². The molecule has 0 radical (unpaired) electrons. The Kier molecular flexibility index (Phi) is 5.79. The number of nitrogens with zero attached hydrogens (tertiary/aromatic N) is 2. The van der Waals surface area contributed by atoms with E-state index in [4.69, 9.17) is 4.74 Å². The molecule has 31 heavy (non-hydrogen) atoms. The van der Waals surface area contributed by atoms with E-state index in [-0.39, 0.29) is 11.9 Å². The number of nitrogens with one attached hydrogen (secondary N) is 1. The van der Waals surface area contributed by atoms with Gasteiger partial charge in [0.15, 0.2) is 0 Å². The van der Waals surface area contributed by atoms with Gasteiger partial charge in [0.1, 0.15) is 5.75 Å². The first-order valence-corrected chi connectivity index (χ1v) is 12.3. The number of methoxy groups -OCH3 is 1. The maximum atomic E-state index is 13.3. The van der Waals surface area contributed by atoms with Crippen molar-refractivity contribution in [3.05, 3.63) is 82.0 Å². The lowest BCUT2D eigenvalue weighted by Gasteiger charge is -2.23. The molecule has 2 heterocycles. The molecular weight excluding hydrogens is 434 g/mol. The Balaban J connectivity index is 1.79. The minimum absolute atomic E-state index is 0.213. The molecule has 160 valence electrons. The van der Waals surface area contributed by atoms with Crippen molar-refractivity contribution in [3.63, 3.8) is 0 Å². The number of sulfonamides is 1. The summed E-state index contributed by atoms with van der Waals surface area (Å²) in [4.78, 5) is 13.8. The first-order valence-electron chi connectivity index (χ1n) is 9.52. The summed E-state index contributed by atoms with van der Waals surface area (Å²) in [5.41, 5.74) is 2.51. The number of amides is 1. The van der Waals surface area contributed by atoms with Crippen molar-refractivity contribution >= 4 is 38.7 Å². The zero-order valence-corrected chi connectivity index (χ0v) is 18.6. The summed E-state index contributed by atoms with van der Waals surface area (Å²) in [6.45, 7) is 0. The number of hydrazone groups is 1. The van der Waals surface area contributed by atoms with Gasteiger partial charge in [-0.05, 0) is 23.6 Å². The third-order valence-electron chi connectivity index (χ3n) is 4.88. The Morgan fingerprint density at radius 1 is 1.13 bits per heavy atom. The Morgan fingerprint density at radius 3 is 2.58 bits per heavy atom. The van der Waals surface area contributed by atoms with Gasteiger partial charge in [-0.3, -0.25) is 9.52 Å². The van der Waals surface area contributed by atoms with E-state index < -0.39 is 10.0 Å². The Bertz CT molecular complexity index is 1240. The highest BCUT2D eigenvalue weighted by molar-refractivity contribution is 7.92. The number of rotatable bonds is 6. The van der Waals surface area contributed by atoms with Gasteiger partial charge in [0.25, 0.3) is 5.91 Å². The molecule has 1 amide bonds. The minimum atomic E-state index is -3.47. The van der Waals surface area contributed by atoms with E-state index >= 15 is 0 Å². The summed E-state index contributed by atoms with van der Waals surface area (Å²) < 4.78 is 31.7. The van der Waals surface area contributed by atoms with E-state index in [9.17, 15) is 13.2 Å². The fourth-order valence-corrected chi connectivity index (χ4v) is 4.81. The van der Waals surface area contributed by atoms with Crippen LogP contribution in [0.5, 0.6) is 5.75 Å². The maximum absolute atomic E-state index is 13.3. The zero-order valence-electron chi connectivity index (χ0n) is 17.0. The number of hydrogen-bond donors (Lipinski definition) is 1. The number of carbonyl (C=O) groups is 1. The fourth-order valence-electron chi connectivity index (χ4n) is 3.58. The van der Waals surface area contributed by atoms with Crippen LogP contribution in [0.2, 0.25) is 0 Å². The van der Waals surface area contributed by atoms with Crippen molar-refractivity contribution in [2.24, 2.45) is 5.10 Å². The molecule has 9 heteroatoms. The molecule has 0 saturated carbocycles. The molecule has 1 aliphatic rings. The highest BCUT2D eigenvalue weighted by Gasteiger charge is 2.36. The normalized spacial score (nSPS) is 16.1. The summed E-state index contributed by atoms with van der Waals surface area (Å²) in [7, 11) is -1.89. The first-order chi connectivity index (χ1) is 14.9. The SMILES string of the molecule is COc1ccccc1[C@H]1CC(c2ccccc2NS(C)(=O)=O)=NN1C(=O)c1cccs1. The largest absolute Gasteiger partial charge is 0.496 e. The quantitative estimate of drug-likeness (QED) is 0.606. The van der Waals surface area contributed by atoms with Crippen LogP contribution in [0, 0.1) is 0 Å². The molecule has 1 atom stereocenters. The minimum Gasteiger partial charge on any atom is -0.496 e. The van der Waals surface area contributed by atoms with Crippen LogP contribution >= 0.6 is 11.3 Å². The molecule has 0 bridgehead atoms. The molecule has 1 aromatic heterocycles. The van der Waals surface area contributed by atoms with Gasteiger partial charge in [-0.25, -0.2) is 13.4 Å². The molecular formula is C22H21N3O4S2. The molecule has 0 fully saturated rings. The number of benzene rings is 2. The van der Waals surface area contributed by atoms with E-state index in [1.165, 1.54) is 16.3 Å². The lowest BCUT2D eigenvalue weighted by molar-refractivity contribution is 0.0714. The monoisotopic (exact) mass is 455 g/mol. The number of carbonyl (C=O) groups excluding carboxylic acids is 1. The predicted molar refractivity (Wildman–Crippen MR) is 122 cm³/mol. The van der Waals surface area contributed by atoms with Crippen LogP contribution in [0.25, 0.3) is 0 Å². The molecule has 2 aromatic carbocycles. The second-order valence-corrected chi connectivity index (χ2v) is 9.75. The maximum Gasteiger partial charge on any atom is 0.284 e. The number of anilines is 1. The van der Waals surface area contributed by atoms with Crippen molar-refractivity contribution in [1.29, 1.82) is 0 Å². The average Bonchev–Trinajstić information content (AvgIpc) is 3.43. The first kappa shape index (κ1) is 21.1. The van der Waals surface area contributed by atoms with Crippen molar-refractivity contribution in [3.8, 4) is 5.75 Å². The van der Waals surface area contributed by atoms with Gasteiger partial charge in [-0.2, -0.15) is 5.10 Å². The van der Waals surface area contributed by atoms with Crippen LogP contribution in [-0.4, -0.2) is 38.4 Å². The summed E-state index contributed by atoms with van der Waals surface area (Å²) in [6.07, 6.45) is 1.52. The summed E-state index contributed by atoms with van der Waals surface area (Å²) in [5, 5.41) is 7.97. The van der Waals surface area contributed by atoms with Crippen LogP contribution in [0.15, 0.2) is 71.1 Å². The summed E-state index contributed by atoms with van der Waals surface area (Å²) in [5.74, 6) is 0.449. The topological polar surface area (TPSA) is 88.1 Å². The number of hydrogen-bond acceptors (Lipinski definition) is 6. The molecule has 0 saturated heterocycles. The predicted octanol–water partition coefficient (Wildman–Crippen LogP) is 4.12. The van der Waals surface area contributed by atoms with Crippen molar-refractivity contribution in [2.75, 3.05) is 18.1 Å². The molecule has 3 aromatic rings. The molecule has 1 aliphatic heterocycles. The van der Waals surface area contributed by atoms with E-state index in [2.05, 4.69) is 9.82 Å². The fraction of sp³-hybridized carbons (Fsp3) is 0.182. The van der Waals surface area contributed by atoms with Gasteiger partial charge in [0.2, 0.25) is 10.0 Å². The third-order valence-corrected chi connectivity index (χ3v) is 6.33. The van der Waals surface area contributed by atoms with Crippen molar-refractivity contribution < 1.29 is 17.9 Å². The molecule has 0 unspecified atom stereocenters. The lowest BCUT2D eigenvalue weighted by Crippen LogP contribution is -2.26. The van der Waals surface area contributed by atoms with E-state index in [0.29, 0.717) is 34.0 Å². The van der Waals surface area contributed by atoms with Gasteiger partial charge in [0, 0.05) is 17.5 Å². The van der Waals surface area contributed by atoms with Gasteiger partial charge >= 0.3 is 0 Å². The molecule has 0 spiro atoms. The van der Waals surface area contributed by atoms with Gasteiger partial charge < -0.3 is 4.74 Å². The van der Waals surface area contributed by atoms with E-state index in [1.807, 2.05) is 41.8 Å². The second kappa shape index (κ2) is 8.52. The second-order valence-electron chi connectivity index (χ2n) is 7.06. The van der Waals surface area contributed by atoms with E-state index in [0.717, 1.165) is 11.8 Å². The zero-order chi connectivity index (χ0) is 22.0. The van der Waals surface area contributed by atoms with Crippen LogP contribution in [0.3, 0.4) is 0 Å². The molecule has 7 nitrogen and oxygen atoms in total. The smallest absolute Gasteiger partial charge is 0.284 e. The van der Waals surface area contributed by atoms with Crippen LogP contribution in [-0.2, 0) is 10.0 Å². The number of para-hydroxylation sites is 2. The number of ether oxygens (including phenoxy) is 1. The van der Waals surface area contributed by atoms with E-state index in [1.54, 1.807) is 31.4 Å². The Morgan fingerprint density at radius 2 is 1.87 bits per heavy atom. The third kappa shape index (κ3) is 4.47. The highest BCUT2D eigenvalue weighted by atomic mass is 32.2. The number of thiophene rings is 1. The Hall–Kier alpha value is -3.17. The van der Waals surface area contributed by atoms with Crippen molar-refractivity contribution in [2.45, 2.75) is 12.5 Å². The summed E-state index contributed by atoms with van der Waals surface area (Å²) in [6, 6.07) is 17.8. The van der Waals surface area contributed by atoms with Crippen molar-refractivity contribution in [1.82, 2.24) is 5.01 Å². The average molecular weight is 456 g/mol. The molecule has 0 aliphatic carbocycles. The lowest BCUT2D eigenvalue weighted by atomic mass is 9.97. The van der Waals surface area contributed by atoms with Gasteiger partial charge in [-0.1, -0.05) is 42.5 Å². The highest BCUT2D eigenvalue weighted by Crippen LogP contribution is 2.39. The van der Waals surface area contributed by atoms with Gasteiger partial charge in [-0.15, -0.1) is 11.3 Å².